The molecule has 0 N–H and O–H groups in total. The van der Waals surface area contributed by atoms with Gasteiger partial charge in [-0.05, 0) is 73.9 Å². The van der Waals surface area contributed by atoms with Crippen molar-refractivity contribution in [1.29, 1.82) is 0 Å². The van der Waals surface area contributed by atoms with Gasteiger partial charge in [-0.1, -0.05) is 70.9 Å². The van der Waals surface area contributed by atoms with Crippen LogP contribution >= 0.6 is 34.5 Å². The number of ether oxygens (including phenoxy) is 3. The van der Waals surface area contributed by atoms with Gasteiger partial charge in [0.2, 0.25) is 0 Å². The van der Waals surface area contributed by atoms with Crippen LogP contribution in [0.25, 0.3) is 6.08 Å². The summed E-state index contributed by atoms with van der Waals surface area (Å²) in [6.07, 6.45) is 1.78. The van der Waals surface area contributed by atoms with Crippen molar-refractivity contribution in [3.8, 4) is 11.5 Å². The molecule has 5 rings (SSSR count). The van der Waals surface area contributed by atoms with Crippen molar-refractivity contribution in [3.63, 3.8) is 0 Å². The number of hydrogen-bond donors (Lipinski definition) is 0. The predicted octanol–water partition coefficient (Wildman–Crippen LogP) is 6.08. The van der Waals surface area contributed by atoms with Crippen LogP contribution in [0.3, 0.4) is 0 Å². The van der Waals surface area contributed by atoms with Crippen molar-refractivity contribution >= 4 is 46.6 Å². The first kappa shape index (κ1) is 29.6. The Balaban J connectivity index is 1.56. The molecule has 0 saturated carbocycles. The van der Waals surface area contributed by atoms with Crippen LogP contribution in [0.15, 0.2) is 87.8 Å². The Morgan fingerprint density at radius 1 is 1.00 bits per heavy atom. The van der Waals surface area contributed by atoms with E-state index in [0.717, 1.165) is 11.1 Å². The Morgan fingerprint density at radius 2 is 1.76 bits per heavy atom. The normalized spacial score (nSPS) is 14.8. The highest BCUT2D eigenvalue weighted by atomic mass is 35.5. The fourth-order valence-electron chi connectivity index (χ4n) is 4.68. The van der Waals surface area contributed by atoms with Crippen LogP contribution in [0, 0.1) is 0 Å². The van der Waals surface area contributed by atoms with E-state index in [4.69, 9.17) is 37.4 Å². The number of carbonyl (C=O) groups is 1. The number of aromatic nitrogens is 1. The Morgan fingerprint density at radius 3 is 2.48 bits per heavy atom. The van der Waals surface area contributed by atoms with Crippen molar-refractivity contribution in [2.45, 2.75) is 33.4 Å². The van der Waals surface area contributed by atoms with Crippen molar-refractivity contribution in [2.75, 3.05) is 13.2 Å². The Bertz CT molecular complexity index is 1840. The topological polar surface area (TPSA) is 79.1 Å². The molecule has 1 atom stereocenters. The predicted molar refractivity (Wildman–Crippen MR) is 165 cm³/mol. The maximum atomic E-state index is 13.9. The number of rotatable bonds is 9. The average Bonchev–Trinajstić information content (AvgIpc) is 3.27. The summed E-state index contributed by atoms with van der Waals surface area (Å²) < 4.78 is 19.2. The molecule has 4 aromatic rings. The van der Waals surface area contributed by atoms with Gasteiger partial charge in [-0.3, -0.25) is 9.36 Å². The molecule has 3 aromatic carbocycles. The molecule has 0 fully saturated rings. The molecule has 1 aliphatic heterocycles. The lowest BCUT2D eigenvalue weighted by Crippen LogP contribution is -2.40. The Labute approximate surface area is 256 Å². The number of hydrogen-bond acceptors (Lipinski definition) is 7. The monoisotopic (exact) mass is 622 g/mol. The smallest absolute Gasteiger partial charge is 0.338 e. The lowest BCUT2D eigenvalue weighted by molar-refractivity contribution is -0.139. The van der Waals surface area contributed by atoms with Gasteiger partial charge in [0.25, 0.3) is 5.56 Å². The second-order valence-electron chi connectivity index (χ2n) is 9.38. The van der Waals surface area contributed by atoms with Gasteiger partial charge in [-0.2, -0.15) is 0 Å². The van der Waals surface area contributed by atoms with Crippen LogP contribution in [0.5, 0.6) is 11.5 Å². The van der Waals surface area contributed by atoms with Crippen LogP contribution in [-0.4, -0.2) is 23.8 Å². The summed E-state index contributed by atoms with van der Waals surface area (Å²) in [6.45, 7) is 6.35. The van der Waals surface area contributed by atoms with E-state index in [1.54, 1.807) is 38.1 Å². The molecule has 0 saturated heterocycles. The highest BCUT2D eigenvalue weighted by Crippen LogP contribution is 2.34. The summed E-state index contributed by atoms with van der Waals surface area (Å²) in [5, 5.41) is 1.10. The number of halogens is 2. The summed E-state index contributed by atoms with van der Waals surface area (Å²) in [4.78, 5) is 32.1. The zero-order valence-electron chi connectivity index (χ0n) is 23.2. The number of fused-ring (bicyclic) bond motifs is 1. The zero-order valence-corrected chi connectivity index (χ0v) is 25.6. The summed E-state index contributed by atoms with van der Waals surface area (Å²) in [6, 6.07) is 19.3. The van der Waals surface area contributed by atoms with E-state index >= 15 is 0 Å². The molecular weight excluding hydrogens is 595 g/mol. The molecular formula is C32H28Cl2N2O5S. The number of nitrogens with zero attached hydrogens (tertiary/aromatic N) is 2. The average molecular weight is 624 g/mol. The third-order valence-electron chi connectivity index (χ3n) is 6.59. The van der Waals surface area contributed by atoms with Crippen molar-refractivity contribution in [1.82, 2.24) is 4.57 Å². The molecule has 1 aromatic heterocycles. The van der Waals surface area contributed by atoms with Crippen molar-refractivity contribution in [2.24, 2.45) is 4.99 Å². The van der Waals surface area contributed by atoms with E-state index in [2.05, 4.69) is 4.99 Å². The second-order valence-corrected chi connectivity index (χ2v) is 11.2. The highest BCUT2D eigenvalue weighted by molar-refractivity contribution is 7.07. The van der Waals surface area contributed by atoms with Crippen LogP contribution in [-0.2, 0) is 16.1 Å². The molecule has 0 spiro atoms. The summed E-state index contributed by atoms with van der Waals surface area (Å²) in [7, 11) is 0. The van der Waals surface area contributed by atoms with E-state index < -0.39 is 12.0 Å². The molecule has 7 nitrogen and oxygen atoms in total. The zero-order chi connectivity index (χ0) is 29.8. The van der Waals surface area contributed by atoms with Gasteiger partial charge in [0.05, 0.1) is 29.0 Å². The van der Waals surface area contributed by atoms with Gasteiger partial charge in [0.1, 0.15) is 12.6 Å². The Kier molecular flexibility index (Phi) is 9.16. The number of esters is 1. The first-order valence-corrected chi connectivity index (χ1v) is 15.0. The maximum Gasteiger partial charge on any atom is 0.338 e. The number of benzene rings is 3. The van der Waals surface area contributed by atoms with Crippen LogP contribution < -0.4 is 24.4 Å². The summed E-state index contributed by atoms with van der Waals surface area (Å²) >= 11 is 13.8. The lowest BCUT2D eigenvalue weighted by Gasteiger charge is -2.25. The third-order valence-corrected chi connectivity index (χ3v) is 8.17. The van der Waals surface area contributed by atoms with Crippen LogP contribution in [0.2, 0.25) is 10.0 Å². The van der Waals surface area contributed by atoms with E-state index in [1.807, 2.05) is 55.5 Å². The first-order chi connectivity index (χ1) is 20.3. The van der Waals surface area contributed by atoms with E-state index in [0.29, 0.717) is 55.4 Å². The Hall–Kier alpha value is -3.85. The molecule has 42 heavy (non-hydrogen) atoms. The van der Waals surface area contributed by atoms with E-state index in [1.165, 1.54) is 15.9 Å². The van der Waals surface area contributed by atoms with Crippen LogP contribution in [0.1, 0.15) is 43.5 Å². The SMILES string of the molecule is CCOC(=O)C1=C(C)N=c2sc(=Cc3ccc(OCc4ccc(Cl)cc4)c(OCC)c3)c(=O)n2C1c1ccccc1Cl. The molecule has 0 bridgehead atoms. The maximum absolute atomic E-state index is 13.9. The van der Waals surface area contributed by atoms with Crippen LogP contribution in [0.4, 0.5) is 0 Å². The molecule has 10 heteroatoms. The van der Waals surface area contributed by atoms with Crippen molar-refractivity contribution in [3.05, 3.63) is 124 Å². The molecule has 0 aliphatic carbocycles. The minimum atomic E-state index is -0.779. The quantitative estimate of drug-likeness (QED) is 0.211. The van der Waals surface area contributed by atoms with Gasteiger partial charge >= 0.3 is 5.97 Å². The van der Waals surface area contributed by atoms with Gasteiger partial charge < -0.3 is 14.2 Å². The molecule has 0 amide bonds. The fourth-order valence-corrected chi connectivity index (χ4v) is 6.09. The molecule has 1 aliphatic rings. The van der Waals surface area contributed by atoms with E-state index in [-0.39, 0.29) is 17.7 Å². The largest absolute Gasteiger partial charge is 0.490 e. The van der Waals surface area contributed by atoms with Gasteiger partial charge in [-0.25, -0.2) is 9.79 Å². The third kappa shape index (κ3) is 6.16. The molecule has 1 unspecified atom stereocenters. The highest BCUT2D eigenvalue weighted by Gasteiger charge is 2.34. The molecule has 2 heterocycles. The minimum absolute atomic E-state index is 0.191. The number of thiazole rings is 1. The second kappa shape index (κ2) is 13.0. The molecule has 0 radical (unpaired) electrons. The molecule has 216 valence electrons. The first-order valence-electron chi connectivity index (χ1n) is 13.4. The van der Waals surface area contributed by atoms with Crippen molar-refractivity contribution < 1.29 is 19.0 Å². The van der Waals surface area contributed by atoms with E-state index in [9.17, 15) is 9.59 Å². The standard InChI is InChI=1S/C32H28Cl2N2O5S/c1-4-39-26-16-21(12-15-25(26)41-18-20-10-13-22(33)14-11-20)17-27-30(37)36-29(23-8-6-7-9-24(23)34)28(31(38)40-5-2)19(3)35-32(36)42-27/h6-17,29H,4-5,18H2,1-3H3. The minimum Gasteiger partial charge on any atom is -0.490 e. The van der Waals surface area contributed by atoms with Gasteiger partial charge in [0, 0.05) is 10.0 Å². The number of carbonyl (C=O) groups excluding carboxylic acids is 1. The lowest BCUT2D eigenvalue weighted by atomic mass is 9.96. The summed E-state index contributed by atoms with van der Waals surface area (Å²) in [5.74, 6) is 0.606. The number of allylic oxidation sites excluding steroid dienone is 1. The fraction of sp³-hybridized carbons (Fsp3) is 0.219. The summed E-state index contributed by atoms with van der Waals surface area (Å²) in [5.41, 5.74) is 2.80. The van der Waals surface area contributed by atoms with Gasteiger partial charge in [0.15, 0.2) is 16.3 Å². The van der Waals surface area contributed by atoms with Gasteiger partial charge in [-0.15, -0.1) is 0 Å².